The fraction of sp³-hybridized carbons (Fsp3) is 0.118. The Morgan fingerprint density at radius 1 is 1.18 bits per heavy atom. The lowest BCUT2D eigenvalue weighted by molar-refractivity contribution is 0.0697. The van der Waals surface area contributed by atoms with E-state index in [0.717, 1.165) is 27.7 Å². The number of aromatic amines is 1. The maximum Gasteiger partial charge on any atom is 0.335 e. The highest BCUT2D eigenvalue weighted by Gasteiger charge is 2.13. The predicted molar refractivity (Wildman–Crippen MR) is 89.3 cm³/mol. The van der Waals surface area contributed by atoms with Gasteiger partial charge in [0.1, 0.15) is 0 Å². The standard InChI is InChI=1S/C17H13Cl2NO2/c1-9-13(6-10-2-4-12(18)8-15(10)19)14-7-11(17(21)22)3-5-16(14)20-9/h2-5,7-8,20H,6H2,1H3,(H,21,22). The first kappa shape index (κ1) is 14.9. The van der Waals surface area contributed by atoms with Gasteiger partial charge in [-0.15, -0.1) is 0 Å². The lowest BCUT2D eigenvalue weighted by atomic mass is 10.0. The summed E-state index contributed by atoms with van der Waals surface area (Å²) in [5.41, 5.74) is 4.19. The number of nitrogens with one attached hydrogen (secondary N) is 1. The van der Waals surface area contributed by atoms with Crippen LogP contribution in [0.15, 0.2) is 36.4 Å². The number of rotatable bonds is 3. The van der Waals surface area contributed by atoms with Crippen LogP contribution in [0.25, 0.3) is 10.9 Å². The highest BCUT2D eigenvalue weighted by molar-refractivity contribution is 6.35. The van der Waals surface area contributed by atoms with Crippen LogP contribution in [0, 0.1) is 6.92 Å². The van der Waals surface area contributed by atoms with E-state index >= 15 is 0 Å². The first-order chi connectivity index (χ1) is 10.5. The van der Waals surface area contributed by atoms with E-state index in [0.29, 0.717) is 16.5 Å². The molecule has 22 heavy (non-hydrogen) atoms. The van der Waals surface area contributed by atoms with Crippen LogP contribution >= 0.6 is 23.2 Å². The minimum absolute atomic E-state index is 0.273. The Hall–Kier alpha value is -1.97. The number of carboxylic acids is 1. The van der Waals surface area contributed by atoms with Gasteiger partial charge in [-0.25, -0.2) is 4.79 Å². The summed E-state index contributed by atoms with van der Waals surface area (Å²) in [6, 6.07) is 10.5. The van der Waals surface area contributed by atoms with E-state index in [2.05, 4.69) is 4.98 Å². The van der Waals surface area contributed by atoms with Crippen molar-refractivity contribution in [2.45, 2.75) is 13.3 Å². The van der Waals surface area contributed by atoms with Crippen molar-refractivity contribution >= 4 is 40.1 Å². The van der Waals surface area contributed by atoms with Crippen molar-refractivity contribution in [3.05, 3.63) is 68.8 Å². The highest BCUT2D eigenvalue weighted by Crippen LogP contribution is 2.29. The van der Waals surface area contributed by atoms with Gasteiger partial charge < -0.3 is 10.1 Å². The predicted octanol–water partition coefficient (Wildman–Crippen LogP) is 5.07. The maximum atomic E-state index is 11.2. The molecule has 0 unspecified atom stereocenters. The van der Waals surface area contributed by atoms with E-state index in [9.17, 15) is 4.79 Å². The van der Waals surface area contributed by atoms with E-state index in [4.69, 9.17) is 28.3 Å². The first-order valence-corrected chi connectivity index (χ1v) is 7.49. The molecule has 3 nitrogen and oxygen atoms in total. The molecule has 0 aliphatic heterocycles. The van der Waals surface area contributed by atoms with Crippen LogP contribution < -0.4 is 0 Å². The van der Waals surface area contributed by atoms with Crippen molar-refractivity contribution < 1.29 is 9.90 Å². The number of aromatic nitrogens is 1. The van der Waals surface area contributed by atoms with Crippen molar-refractivity contribution in [2.75, 3.05) is 0 Å². The number of fused-ring (bicyclic) bond motifs is 1. The number of H-pyrrole nitrogens is 1. The molecule has 0 radical (unpaired) electrons. The Morgan fingerprint density at radius 2 is 1.95 bits per heavy atom. The minimum Gasteiger partial charge on any atom is -0.478 e. The monoisotopic (exact) mass is 333 g/mol. The van der Waals surface area contributed by atoms with E-state index in [1.54, 1.807) is 30.3 Å². The molecule has 0 spiro atoms. The molecule has 5 heteroatoms. The van der Waals surface area contributed by atoms with Gasteiger partial charge in [0.05, 0.1) is 5.56 Å². The summed E-state index contributed by atoms with van der Waals surface area (Å²) in [6.45, 7) is 1.97. The van der Waals surface area contributed by atoms with Gasteiger partial charge in [0, 0.05) is 33.1 Å². The zero-order valence-electron chi connectivity index (χ0n) is 11.8. The molecular formula is C17H13Cl2NO2. The Bertz CT molecular complexity index is 884. The number of hydrogen-bond acceptors (Lipinski definition) is 1. The Morgan fingerprint density at radius 3 is 2.64 bits per heavy atom. The van der Waals surface area contributed by atoms with E-state index < -0.39 is 5.97 Å². The van der Waals surface area contributed by atoms with Crippen LogP contribution in [0.2, 0.25) is 10.0 Å². The number of carboxylic acid groups (broad SMARTS) is 1. The molecule has 1 aromatic heterocycles. The Labute approximate surface area is 137 Å². The molecule has 3 rings (SSSR count). The molecular weight excluding hydrogens is 321 g/mol. The fourth-order valence-electron chi connectivity index (χ4n) is 2.60. The van der Waals surface area contributed by atoms with Gasteiger partial charge in [-0.05, 0) is 48.4 Å². The number of aryl methyl sites for hydroxylation is 1. The fourth-order valence-corrected chi connectivity index (χ4v) is 3.07. The maximum absolute atomic E-state index is 11.2. The smallest absolute Gasteiger partial charge is 0.335 e. The molecule has 0 aliphatic rings. The van der Waals surface area contributed by atoms with Crippen LogP contribution in [0.5, 0.6) is 0 Å². The molecule has 2 aromatic carbocycles. The van der Waals surface area contributed by atoms with Crippen LogP contribution in [0.1, 0.15) is 27.2 Å². The Balaban J connectivity index is 2.11. The molecule has 0 aliphatic carbocycles. The molecule has 1 heterocycles. The van der Waals surface area contributed by atoms with Crippen LogP contribution in [-0.4, -0.2) is 16.1 Å². The van der Waals surface area contributed by atoms with Crippen molar-refractivity contribution in [1.82, 2.24) is 4.98 Å². The lowest BCUT2D eigenvalue weighted by Crippen LogP contribution is -1.96. The van der Waals surface area contributed by atoms with Gasteiger partial charge in [0.2, 0.25) is 0 Å². The molecule has 3 aromatic rings. The van der Waals surface area contributed by atoms with Gasteiger partial charge in [-0.3, -0.25) is 0 Å². The lowest BCUT2D eigenvalue weighted by Gasteiger charge is -2.06. The zero-order valence-corrected chi connectivity index (χ0v) is 13.3. The second-order valence-electron chi connectivity index (χ2n) is 5.21. The third kappa shape index (κ3) is 2.70. The SMILES string of the molecule is Cc1[nH]c2ccc(C(=O)O)cc2c1Cc1ccc(Cl)cc1Cl. The summed E-state index contributed by atoms with van der Waals surface area (Å²) in [5.74, 6) is -0.934. The van der Waals surface area contributed by atoms with Gasteiger partial charge in [0.15, 0.2) is 0 Å². The first-order valence-electron chi connectivity index (χ1n) is 6.74. The third-order valence-corrected chi connectivity index (χ3v) is 4.34. The average molecular weight is 334 g/mol. The van der Waals surface area contributed by atoms with Crippen LogP contribution in [0.3, 0.4) is 0 Å². The normalized spacial score (nSPS) is 11.0. The van der Waals surface area contributed by atoms with Crippen LogP contribution in [0.4, 0.5) is 0 Å². The van der Waals surface area contributed by atoms with Crippen molar-refractivity contribution in [2.24, 2.45) is 0 Å². The zero-order chi connectivity index (χ0) is 15.9. The topological polar surface area (TPSA) is 53.1 Å². The van der Waals surface area contributed by atoms with Gasteiger partial charge >= 0.3 is 5.97 Å². The second kappa shape index (κ2) is 5.67. The van der Waals surface area contributed by atoms with E-state index in [-0.39, 0.29) is 5.56 Å². The molecule has 0 bridgehead atoms. The van der Waals surface area contributed by atoms with Gasteiger partial charge in [-0.1, -0.05) is 29.3 Å². The van der Waals surface area contributed by atoms with Crippen molar-refractivity contribution in [1.29, 1.82) is 0 Å². The summed E-state index contributed by atoms with van der Waals surface area (Å²) in [4.78, 5) is 14.4. The van der Waals surface area contributed by atoms with Gasteiger partial charge in [-0.2, -0.15) is 0 Å². The van der Waals surface area contributed by atoms with E-state index in [1.807, 2.05) is 13.0 Å². The molecule has 0 amide bonds. The molecule has 0 fully saturated rings. The second-order valence-corrected chi connectivity index (χ2v) is 6.05. The van der Waals surface area contributed by atoms with Gasteiger partial charge in [0.25, 0.3) is 0 Å². The van der Waals surface area contributed by atoms with Crippen LogP contribution in [-0.2, 0) is 6.42 Å². The summed E-state index contributed by atoms with van der Waals surface area (Å²) < 4.78 is 0. The van der Waals surface area contributed by atoms with Crippen molar-refractivity contribution in [3.8, 4) is 0 Å². The number of aromatic carboxylic acids is 1. The number of carbonyl (C=O) groups is 1. The average Bonchev–Trinajstić information content (AvgIpc) is 2.77. The third-order valence-electron chi connectivity index (χ3n) is 3.75. The largest absolute Gasteiger partial charge is 0.478 e. The van der Waals surface area contributed by atoms with E-state index in [1.165, 1.54) is 0 Å². The summed E-state index contributed by atoms with van der Waals surface area (Å²) in [6.07, 6.45) is 0.616. The number of hydrogen-bond donors (Lipinski definition) is 2. The van der Waals surface area contributed by atoms with Crippen molar-refractivity contribution in [3.63, 3.8) is 0 Å². The molecule has 2 N–H and O–H groups in total. The Kier molecular flexibility index (Phi) is 3.85. The highest BCUT2D eigenvalue weighted by atomic mass is 35.5. The number of halogens is 2. The summed E-state index contributed by atoms with van der Waals surface area (Å²) >= 11 is 12.2. The molecule has 112 valence electrons. The molecule has 0 atom stereocenters. The molecule has 0 saturated heterocycles. The summed E-state index contributed by atoms with van der Waals surface area (Å²) in [7, 11) is 0. The quantitative estimate of drug-likeness (QED) is 0.702. The molecule has 0 saturated carbocycles. The number of benzene rings is 2. The summed E-state index contributed by atoms with van der Waals surface area (Å²) in [5, 5.41) is 11.3. The minimum atomic E-state index is -0.934.